The van der Waals surface area contributed by atoms with Crippen LogP contribution < -0.4 is 39.2 Å². The first-order valence-electron chi connectivity index (χ1n) is 15.2. The number of para-hydroxylation sites is 1. The second-order valence-corrected chi connectivity index (χ2v) is 13.0. The molecule has 262 valence electrons. The number of benzene rings is 3. The summed E-state index contributed by atoms with van der Waals surface area (Å²) in [4.78, 5) is 26.7. The maximum Gasteiger partial charge on any atom is 0.288 e. The Morgan fingerprint density at radius 2 is 1.63 bits per heavy atom. The van der Waals surface area contributed by atoms with Gasteiger partial charge in [-0.15, -0.1) is 0 Å². The van der Waals surface area contributed by atoms with Gasteiger partial charge in [0.25, 0.3) is 5.69 Å². The summed E-state index contributed by atoms with van der Waals surface area (Å²) in [5, 5.41) is 13.5. The van der Waals surface area contributed by atoms with Crippen molar-refractivity contribution < 1.29 is 46.2 Å². The molecule has 1 aromatic heterocycles. The Morgan fingerprint density at radius 1 is 0.959 bits per heavy atom. The molecule has 0 radical (unpaired) electrons. The Bertz CT molecular complexity index is 2010. The Hall–Kier alpha value is -5.06. The summed E-state index contributed by atoms with van der Waals surface area (Å²) in [6.07, 6.45) is -0.500. The van der Waals surface area contributed by atoms with Gasteiger partial charge in [-0.3, -0.25) is 25.1 Å². The average molecular weight is 700 g/mol. The molecule has 1 N–H and O–H groups in total. The normalized spacial score (nSPS) is 15.8. The molecule has 4 aromatic rings. The minimum Gasteiger partial charge on any atom is -0.496 e. The van der Waals surface area contributed by atoms with E-state index in [9.17, 15) is 23.3 Å². The Morgan fingerprint density at radius 3 is 2.22 bits per heavy atom. The molecule has 0 bridgehead atoms. The molecule has 1 aliphatic heterocycles. The predicted molar refractivity (Wildman–Crippen MR) is 179 cm³/mol. The topological polar surface area (TPSA) is 178 Å². The first kappa shape index (κ1) is 35.3. The number of nitrogens with zero attached hydrogens (tertiary/aromatic N) is 2. The smallest absolute Gasteiger partial charge is 0.288 e. The highest BCUT2D eigenvalue weighted by Gasteiger charge is 2.38. The predicted octanol–water partition coefficient (Wildman–Crippen LogP) is 4.23. The minimum atomic E-state index is -4.21. The van der Waals surface area contributed by atoms with Crippen molar-refractivity contribution in [2.75, 3.05) is 55.2 Å². The summed E-state index contributed by atoms with van der Waals surface area (Å²) in [7, 11) is 3.05. The maximum absolute atomic E-state index is 14.4. The third-order valence-corrected chi connectivity index (χ3v) is 10.2. The maximum atomic E-state index is 14.4. The molecule has 3 aromatic carbocycles. The second-order valence-electron chi connectivity index (χ2n) is 10.9. The van der Waals surface area contributed by atoms with E-state index in [1.54, 1.807) is 29.2 Å². The summed E-state index contributed by atoms with van der Waals surface area (Å²) < 4.78 is 67.8. The molecule has 2 unspecified atom stereocenters. The zero-order valence-electron chi connectivity index (χ0n) is 27.8. The third-order valence-electron chi connectivity index (χ3n) is 8.20. The van der Waals surface area contributed by atoms with Crippen LogP contribution in [0.25, 0.3) is 22.3 Å². The van der Waals surface area contributed by atoms with Crippen LogP contribution in [-0.2, 0) is 9.84 Å². The lowest BCUT2D eigenvalue weighted by molar-refractivity contribution is -0.387. The van der Waals surface area contributed by atoms with Crippen molar-refractivity contribution in [3.05, 3.63) is 68.9 Å². The quantitative estimate of drug-likeness (QED) is 0.155. The standard InChI is InChI=1S/C33H37N3O12S/c1-7-28(35-13-12-34-27(18-35)49(40,41)26-11-9-8-10-21(26)36(38)39)48-33-30(37)29-22(43-3)16-20(42-2)17-23(29)47-31(33)19-14-24(44-4)32(46-6)25(15-19)45-5/h8-11,14-17,27-28,34H,7,12-13,18H2,1-6H3. The van der Waals surface area contributed by atoms with Gasteiger partial charge >= 0.3 is 0 Å². The SMILES string of the molecule is CCC(Oc1c(-c2cc(OC)c(OC)c(OC)c2)oc2cc(OC)cc(OC)c2c1=O)N1CCNC(S(=O)(=O)c2ccccc2[N+](=O)[O-])C1. The van der Waals surface area contributed by atoms with Gasteiger partial charge in [0.1, 0.15) is 32.7 Å². The van der Waals surface area contributed by atoms with Gasteiger partial charge in [-0.2, -0.15) is 0 Å². The van der Waals surface area contributed by atoms with Crippen LogP contribution in [0, 0.1) is 10.1 Å². The van der Waals surface area contributed by atoms with E-state index in [0.717, 1.165) is 6.07 Å². The Balaban J connectivity index is 1.63. The molecule has 0 spiro atoms. The molecule has 1 fully saturated rings. The number of hydrogen-bond acceptors (Lipinski definition) is 14. The van der Waals surface area contributed by atoms with Crippen LogP contribution in [0.1, 0.15) is 13.3 Å². The van der Waals surface area contributed by atoms with Crippen LogP contribution in [0.4, 0.5) is 5.69 Å². The summed E-state index contributed by atoms with van der Waals surface area (Å²) in [6.45, 7) is 2.31. The molecular weight excluding hydrogens is 662 g/mol. The molecule has 16 heteroatoms. The monoisotopic (exact) mass is 699 g/mol. The van der Waals surface area contributed by atoms with Crippen LogP contribution in [0.3, 0.4) is 0 Å². The fourth-order valence-corrected chi connectivity index (χ4v) is 7.53. The van der Waals surface area contributed by atoms with Crippen molar-refractivity contribution in [1.29, 1.82) is 0 Å². The highest BCUT2D eigenvalue weighted by molar-refractivity contribution is 7.92. The van der Waals surface area contributed by atoms with Crippen molar-refractivity contribution >= 4 is 26.5 Å². The lowest BCUT2D eigenvalue weighted by Crippen LogP contribution is -2.57. The van der Waals surface area contributed by atoms with E-state index in [0.29, 0.717) is 41.5 Å². The van der Waals surface area contributed by atoms with E-state index in [2.05, 4.69) is 5.32 Å². The minimum absolute atomic E-state index is 0.0322. The molecule has 1 aliphatic rings. The van der Waals surface area contributed by atoms with Gasteiger partial charge in [-0.25, -0.2) is 8.42 Å². The van der Waals surface area contributed by atoms with E-state index in [1.807, 2.05) is 6.92 Å². The highest BCUT2D eigenvalue weighted by Crippen LogP contribution is 2.44. The summed E-state index contributed by atoms with van der Waals surface area (Å²) >= 11 is 0. The average Bonchev–Trinajstić information content (AvgIpc) is 3.13. The molecule has 0 saturated carbocycles. The van der Waals surface area contributed by atoms with Crippen LogP contribution >= 0.6 is 0 Å². The largest absolute Gasteiger partial charge is 0.496 e. The van der Waals surface area contributed by atoms with Crippen molar-refractivity contribution in [2.24, 2.45) is 0 Å². The summed E-state index contributed by atoms with van der Waals surface area (Å²) in [5.41, 5.74) is -0.554. The molecule has 2 atom stereocenters. The van der Waals surface area contributed by atoms with E-state index < -0.39 is 42.4 Å². The van der Waals surface area contributed by atoms with Crippen LogP contribution in [0.15, 0.2) is 62.6 Å². The summed E-state index contributed by atoms with van der Waals surface area (Å²) in [5.74, 6) is 1.35. The van der Waals surface area contributed by atoms with Crippen LogP contribution in [-0.4, -0.2) is 85.0 Å². The number of methoxy groups -OCH3 is 5. The zero-order valence-corrected chi connectivity index (χ0v) is 28.6. The van der Waals surface area contributed by atoms with Gasteiger partial charge in [-0.05, 0) is 24.6 Å². The van der Waals surface area contributed by atoms with Crippen LogP contribution in [0.2, 0.25) is 0 Å². The number of nitrogens with one attached hydrogen (secondary N) is 1. The molecule has 2 heterocycles. The Kier molecular flexibility index (Phi) is 10.5. The van der Waals surface area contributed by atoms with Crippen molar-refractivity contribution in [3.8, 4) is 45.8 Å². The van der Waals surface area contributed by atoms with Crippen molar-refractivity contribution in [1.82, 2.24) is 10.2 Å². The molecular formula is C33H37N3O12S. The van der Waals surface area contributed by atoms with E-state index in [1.165, 1.54) is 53.7 Å². The van der Waals surface area contributed by atoms with Crippen molar-refractivity contribution in [3.63, 3.8) is 0 Å². The van der Waals surface area contributed by atoms with E-state index in [4.69, 9.17) is 32.8 Å². The lowest BCUT2D eigenvalue weighted by atomic mass is 10.1. The second kappa shape index (κ2) is 14.6. The number of hydrogen-bond donors (Lipinski definition) is 1. The van der Waals surface area contributed by atoms with Gasteiger partial charge < -0.3 is 32.8 Å². The Labute approximate surface area is 282 Å². The number of sulfone groups is 1. The zero-order chi connectivity index (χ0) is 35.5. The van der Waals surface area contributed by atoms with Gasteiger partial charge in [0.05, 0.1) is 40.5 Å². The van der Waals surface area contributed by atoms with Gasteiger partial charge in [-0.1, -0.05) is 19.1 Å². The number of ether oxygens (including phenoxy) is 6. The molecule has 0 amide bonds. The number of fused-ring (bicyclic) bond motifs is 1. The van der Waals surface area contributed by atoms with E-state index >= 15 is 0 Å². The number of nitro groups is 1. The molecule has 0 aliphatic carbocycles. The molecule has 49 heavy (non-hydrogen) atoms. The lowest BCUT2D eigenvalue weighted by Gasteiger charge is -2.38. The fourth-order valence-electron chi connectivity index (χ4n) is 5.79. The van der Waals surface area contributed by atoms with E-state index in [-0.39, 0.29) is 41.3 Å². The number of piperazine rings is 1. The number of nitro benzene ring substituents is 1. The molecule has 5 rings (SSSR count). The third kappa shape index (κ3) is 6.66. The van der Waals surface area contributed by atoms with Gasteiger partial charge in [0.15, 0.2) is 23.5 Å². The van der Waals surface area contributed by atoms with Gasteiger partial charge in [0, 0.05) is 43.4 Å². The number of rotatable bonds is 13. The molecule has 1 saturated heterocycles. The summed E-state index contributed by atoms with van der Waals surface area (Å²) in [6, 6.07) is 11.5. The molecule has 15 nitrogen and oxygen atoms in total. The fraction of sp³-hybridized carbons (Fsp3) is 0.364. The van der Waals surface area contributed by atoms with Crippen LogP contribution in [0.5, 0.6) is 34.5 Å². The van der Waals surface area contributed by atoms with Crippen molar-refractivity contribution in [2.45, 2.75) is 29.8 Å². The first-order chi connectivity index (χ1) is 23.5. The first-order valence-corrected chi connectivity index (χ1v) is 16.7. The highest BCUT2D eigenvalue weighted by atomic mass is 32.2. The van der Waals surface area contributed by atoms with Gasteiger partial charge in [0.2, 0.25) is 26.8 Å².